The molecule has 1 saturated carbocycles. The van der Waals surface area contributed by atoms with E-state index in [1.807, 2.05) is 79.3 Å². The summed E-state index contributed by atoms with van der Waals surface area (Å²) in [7, 11) is 1.90. The van der Waals surface area contributed by atoms with Crippen LogP contribution >= 0.6 is 0 Å². The molecule has 0 aliphatic heterocycles. The summed E-state index contributed by atoms with van der Waals surface area (Å²) in [5, 5.41) is 14.7. The highest BCUT2D eigenvalue weighted by molar-refractivity contribution is 5.99. The second kappa shape index (κ2) is 8.05. The summed E-state index contributed by atoms with van der Waals surface area (Å²) in [6.07, 6.45) is 2.50. The fraction of sp³-hybridized carbons (Fsp3) is 0.320. The van der Waals surface area contributed by atoms with Gasteiger partial charge < -0.3 is 0 Å². The first-order valence-corrected chi connectivity index (χ1v) is 10.2. The molecule has 0 unspecified atom stereocenters. The number of ketones is 1. The number of aryl methyl sites for hydroxylation is 1. The Labute approximate surface area is 171 Å². The number of hydrogen-bond donors (Lipinski definition) is 0. The van der Waals surface area contributed by atoms with Gasteiger partial charge in [0.05, 0.1) is 23.2 Å². The molecule has 1 fully saturated rings. The Balaban J connectivity index is 1.72. The van der Waals surface area contributed by atoms with Gasteiger partial charge in [-0.25, -0.2) is 0 Å². The minimum atomic E-state index is -0.385. The van der Waals surface area contributed by atoms with Crippen molar-refractivity contribution in [3.63, 3.8) is 0 Å². The number of aromatic nitrogens is 2. The number of carbonyl (C=O) groups is 1. The maximum atomic E-state index is 13.5. The molecular formula is C25H25N3O. The average Bonchev–Trinajstić information content (AvgIpc) is 3.55. The molecule has 4 nitrogen and oxygen atoms in total. The van der Waals surface area contributed by atoms with Crippen LogP contribution in [-0.4, -0.2) is 15.6 Å². The monoisotopic (exact) mass is 383 g/mol. The van der Waals surface area contributed by atoms with Gasteiger partial charge in [-0.15, -0.1) is 0 Å². The molecule has 0 saturated heterocycles. The van der Waals surface area contributed by atoms with Crippen LogP contribution in [0.3, 0.4) is 0 Å². The van der Waals surface area contributed by atoms with Crippen LogP contribution in [0.25, 0.3) is 0 Å². The molecule has 146 valence electrons. The quantitative estimate of drug-likeness (QED) is 0.522. The van der Waals surface area contributed by atoms with Gasteiger partial charge in [-0.05, 0) is 30.9 Å². The normalized spacial score (nSPS) is 15.5. The van der Waals surface area contributed by atoms with Crippen LogP contribution in [0.4, 0.5) is 0 Å². The van der Waals surface area contributed by atoms with Crippen molar-refractivity contribution in [3.8, 4) is 6.07 Å². The van der Waals surface area contributed by atoms with Crippen LogP contribution in [0.5, 0.6) is 0 Å². The molecule has 29 heavy (non-hydrogen) atoms. The van der Waals surface area contributed by atoms with Gasteiger partial charge in [0.2, 0.25) is 0 Å². The molecule has 0 radical (unpaired) electrons. The number of nitriles is 1. The van der Waals surface area contributed by atoms with Crippen LogP contribution in [0.1, 0.15) is 69.9 Å². The van der Waals surface area contributed by atoms with Crippen LogP contribution in [0.2, 0.25) is 0 Å². The molecule has 1 heterocycles. The largest absolute Gasteiger partial charge is 0.294 e. The lowest BCUT2D eigenvalue weighted by molar-refractivity contribution is 0.0970. The Kier molecular flexibility index (Phi) is 5.31. The van der Waals surface area contributed by atoms with Crippen molar-refractivity contribution < 1.29 is 4.79 Å². The summed E-state index contributed by atoms with van der Waals surface area (Å²) in [5.74, 6) is -0.0980. The van der Waals surface area contributed by atoms with Gasteiger partial charge >= 0.3 is 0 Å². The topological polar surface area (TPSA) is 58.7 Å². The van der Waals surface area contributed by atoms with Crippen LogP contribution in [0, 0.1) is 18.3 Å². The van der Waals surface area contributed by atoms with E-state index in [9.17, 15) is 10.1 Å². The molecule has 0 spiro atoms. The zero-order valence-corrected chi connectivity index (χ0v) is 16.9. The summed E-state index contributed by atoms with van der Waals surface area (Å²) < 4.78 is 1.82. The molecule has 4 heteroatoms. The van der Waals surface area contributed by atoms with Crippen molar-refractivity contribution in [1.29, 1.82) is 5.26 Å². The minimum absolute atomic E-state index is 0.0857. The second-order valence-corrected chi connectivity index (χ2v) is 7.91. The maximum absolute atomic E-state index is 13.5. The van der Waals surface area contributed by atoms with E-state index in [-0.39, 0.29) is 17.6 Å². The average molecular weight is 383 g/mol. The summed E-state index contributed by atoms with van der Waals surface area (Å²) in [6.45, 7) is 1.96. The fourth-order valence-corrected chi connectivity index (χ4v) is 4.11. The lowest BCUT2D eigenvalue weighted by Crippen LogP contribution is -2.16. The van der Waals surface area contributed by atoms with Gasteiger partial charge in [0.15, 0.2) is 5.78 Å². The zero-order valence-electron chi connectivity index (χ0n) is 16.9. The van der Waals surface area contributed by atoms with Crippen molar-refractivity contribution in [2.24, 2.45) is 7.05 Å². The number of hydrogen-bond acceptors (Lipinski definition) is 3. The first-order chi connectivity index (χ1) is 14.1. The van der Waals surface area contributed by atoms with E-state index in [1.165, 1.54) is 0 Å². The van der Waals surface area contributed by atoms with Crippen molar-refractivity contribution in [2.75, 3.05) is 0 Å². The Morgan fingerprint density at radius 2 is 1.69 bits per heavy atom. The van der Waals surface area contributed by atoms with E-state index >= 15 is 0 Å². The summed E-state index contributed by atoms with van der Waals surface area (Å²) >= 11 is 0. The number of rotatable bonds is 7. The predicted octanol–water partition coefficient (Wildman–Crippen LogP) is 5.27. The van der Waals surface area contributed by atoms with Crippen molar-refractivity contribution >= 4 is 5.78 Å². The number of benzene rings is 2. The Hall–Kier alpha value is -3.19. The van der Waals surface area contributed by atoms with Crippen LogP contribution in [0.15, 0.2) is 60.7 Å². The lowest BCUT2D eigenvalue weighted by atomic mass is 9.78. The van der Waals surface area contributed by atoms with Gasteiger partial charge in [0.25, 0.3) is 0 Å². The van der Waals surface area contributed by atoms with Crippen molar-refractivity contribution in [2.45, 2.75) is 43.9 Å². The number of Topliss-reactive ketones (excluding diaryl/α,β-unsaturated/α-hetero) is 1. The van der Waals surface area contributed by atoms with Gasteiger partial charge in [0, 0.05) is 31.0 Å². The Bertz CT molecular complexity index is 1040. The van der Waals surface area contributed by atoms with Crippen molar-refractivity contribution in [1.82, 2.24) is 9.78 Å². The van der Waals surface area contributed by atoms with E-state index in [0.717, 1.165) is 40.9 Å². The summed E-state index contributed by atoms with van der Waals surface area (Å²) in [5.41, 5.74) is 4.58. The number of carbonyl (C=O) groups excluding carboxylic acids is 1. The molecular weight excluding hydrogens is 358 g/mol. The maximum Gasteiger partial charge on any atom is 0.167 e. The summed E-state index contributed by atoms with van der Waals surface area (Å²) in [4.78, 5) is 13.5. The zero-order chi connectivity index (χ0) is 20.4. The molecule has 1 aromatic heterocycles. The molecule has 0 N–H and O–H groups in total. The van der Waals surface area contributed by atoms with Gasteiger partial charge in [0.1, 0.15) is 0 Å². The third kappa shape index (κ3) is 3.86. The SMILES string of the molecule is Cc1c(C(=O)C[C@H](c2ccccc2)[C@H](C#N)c2ccccc2)c(C2CC2)nn1C. The first-order valence-electron chi connectivity index (χ1n) is 10.2. The van der Waals surface area contributed by atoms with Crippen LogP contribution < -0.4 is 0 Å². The highest BCUT2D eigenvalue weighted by Gasteiger charge is 2.35. The van der Waals surface area contributed by atoms with Gasteiger partial charge in [-0.2, -0.15) is 10.4 Å². The van der Waals surface area contributed by atoms with E-state index < -0.39 is 0 Å². The predicted molar refractivity (Wildman–Crippen MR) is 113 cm³/mol. The molecule has 0 amide bonds. The Morgan fingerprint density at radius 1 is 1.10 bits per heavy atom. The standard InChI is InChI=1S/C25H25N3O/c1-17-24(25(20-13-14-20)27-28(17)2)23(29)15-21(18-9-5-3-6-10-18)22(16-26)19-11-7-4-8-12-19/h3-12,20-22H,13-15H2,1-2H3/t21-,22-/m1/s1. The smallest absolute Gasteiger partial charge is 0.167 e. The minimum Gasteiger partial charge on any atom is -0.294 e. The molecule has 2 atom stereocenters. The molecule has 2 aromatic carbocycles. The number of nitrogens with zero attached hydrogens (tertiary/aromatic N) is 3. The second-order valence-electron chi connectivity index (χ2n) is 7.91. The van der Waals surface area contributed by atoms with Crippen LogP contribution in [-0.2, 0) is 7.05 Å². The molecule has 4 rings (SSSR count). The highest BCUT2D eigenvalue weighted by Crippen LogP contribution is 2.43. The fourth-order valence-electron chi connectivity index (χ4n) is 4.11. The van der Waals surface area contributed by atoms with E-state index in [2.05, 4.69) is 11.2 Å². The van der Waals surface area contributed by atoms with Gasteiger partial charge in [-0.3, -0.25) is 9.48 Å². The molecule has 1 aliphatic rings. The first kappa shape index (κ1) is 19.1. The molecule has 0 bridgehead atoms. The van der Waals surface area contributed by atoms with E-state index in [0.29, 0.717) is 12.3 Å². The van der Waals surface area contributed by atoms with Crippen molar-refractivity contribution in [3.05, 3.63) is 88.7 Å². The lowest BCUT2D eigenvalue weighted by Gasteiger charge is -2.22. The third-order valence-corrected chi connectivity index (χ3v) is 5.94. The third-order valence-electron chi connectivity index (χ3n) is 5.94. The van der Waals surface area contributed by atoms with Gasteiger partial charge in [-0.1, -0.05) is 60.7 Å². The highest BCUT2D eigenvalue weighted by atomic mass is 16.1. The molecule has 1 aliphatic carbocycles. The van der Waals surface area contributed by atoms with E-state index in [4.69, 9.17) is 0 Å². The Morgan fingerprint density at radius 3 is 2.24 bits per heavy atom. The van der Waals surface area contributed by atoms with E-state index in [1.54, 1.807) is 0 Å². The molecule has 3 aromatic rings. The summed E-state index contributed by atoms with van der Waals surface area (Å²) in [6, 6.07) is 22.2.